The average Bonchev–Trinajstić information content (AvgIpc) is 2.54. The monoisotopic (exact) mass is 376 g/mol. The van der Waals surface area contributed by atoms with E-state index in [1.54, 1.807) is 6.07 Å². The van der Waals surface area contributed by atoms with Crippen molar-refractivity contribution in [3.05, 3.63) is 35.4 Å². The summed E-state index contributed by atoms with van der Waals surface area (Å²) in [6.07, 6.45) is -0.0643. The van der Waals surface area contributed by atoms with Gasteiger partial charge in [0.1, 0.15) is 0 Å². The van der Waals surface area contributed by atoms with Crippen LogP contribution in [0.1, 0.15) is 43.2 Å². The van der Waals surface area contributed by atoms with Gasteiger partial charge in [-0.25, -0.2) is 0 Å². The molecule has 3 nitrogen and oxygen atoms in total. The van der Waals surface area contributed by atoms with Gasteiger partial charge in [-0.1, -0.05) is 24.6 Å². The van der Waals surface area contributed by atoms with E-state index in [1.165, 1.54) is 12.1 Å². The molecule has 3 rings (SSSR count). The third-order valence-corrected chi connectivity index (χ3v) is 5.42. The molecule has 0 spiro atoms. The lowest BCUT2D eigenvalue weighted by Crippen LogP contribution is -2.48. The molecule has 0 bridgehead atoms. The first-order valence-corrected chi connectivity index (χ1v) is 8.57. The van der Waals surface area contributed by atoms with E-state index in [-0.39, 0.29) is 29.6 Å². The van der Waals surface area contributed by atoms with Gasteiger partial charge in [-0.2, -0.15) is 13.2 Å². The quantitative estimate of drug-likeness (QED) is 0.842. The summed E-state index contributed by atoms with van der Waals surface area (Å²) in [4.78, 5) is 12.3. The molecular weight excluding hydrogens is 353 g/mol. The van der Waals surface area contributed by atoms with E-state index in [4.69, 9.17) is 0 Å². The molecule has 0 atom stereocenters. The summed E-state index contributed by atoms with van der Waals surface area (Å²) in [5, 5.41) is 6.23. The number of carbonyl (C=O) groups excluding carboxylic acids is 1. The maximum atomic E-state index is 13.0. The topological polar surface area (TPSA) is 41.1 Å². The molecule has 25 heavy (non-hydrogen) atoms. The Kier molecular flexibility index (Phi) is 6.38. The first kappa shape index (κ1) is 20.0. The molecule has 1 aromatic rings. The van der Waals surface area contributed by atoms with Gasteiger partial charge in [-0.05, 0) is 50.4 Å². The fraction of sp³-hybridized carbons (Fsp3) is 0.611. The Labute approximate surface area is 152 Å². The molecule has 1 aliphatic carbocycles. The Balaban J connectivity index is 0.00000225. The second-order valence-electron chi connectivity index (χ2n) is 6.95. The van der Waals surface area contributed by atoms with Crippen molar-refractivity contribution in [1.29, 1.82) is 0 Å². The number of amides is 1. The second-order valence-corrected chi connectivity index (χ2v) is 6.95. The molecule has 0 radical (unpaired) electrons. The van der Waals surface area contributed by atoms with Crippen molar-refractivity contribution in [2.75, 3.05) is 19.6 Å². The third-order valence-electron chi connectivity index (χ3n) is 5.42. The molecule has 140 valence electrons. The third kappa shape index (κ3) is 4.47. The number of hydrogen-bond donors (Lipinski definition) is 2. The van der Waals surface area contributed by atoms with Gasteiger partial charge in [-0.15, -0.1) is 12.4 Å². The number of halogens is 4. The molecule has 0 unspecified atom stereocenters. The van der Waals surface area contributed by atoms with Crippen molar-refractivity contribution in [3.8, 4) is 0 Å². The number of hydrogen-bond acceptors (Lipinski definition) is 2. The predicted molar refractivity (Wildman–Crippen MR) is 92.8 cm³/mol. The van der Waals surface area contributed by atoms with E-state index in [0.717, 1.165) is 51.3 Å². The van der Waals surface area contributed by atoms with Crippen LogP contribution in [0, 0.1) is 5.92 Å². The summed E-state index contributed by atoms with van der Waals surface area (Å²) in [5.74, 6) is 0.0552. The van der Waals surface area contributed by atoms with Gasteiger partial charge in [0, 0.05) is 17.9 Å². The van der Waals surface area contributed by atoms with E-state index >= 15 is 0 Å². The number of rotatable bonds is 4. The number of carbonyl (C=O) groups is 1. The lowest BCUT2D eigenvalue weighted by molar-refractivity contribution is -0.137. The molecule has 1 aromatic carbocycles. The highest BCUT2D eigenvalue weighted by atomic mass is 35.5. The predicted octanol–water partition coefficient (Wildman–Crippen LogP) is 3.66. The average molecular weight is 377 g/mol. The first-order valence-electron chi connectivity index (χ1n) is 8.57. The smallest absolute Gasteiger partial charge is 0.355 e. The van der Waals surface area contributed by atoms with Crippen LogP contribution in [0.2, 0.25) is 0 Å². The number of nitrogens with one attached hydrogen (secondary N) is 2. The molecule has 7 heteroatoms. The molecule has 1 amide bonds. The molecule has 1 heterocycles. The minimum atomic E-state index is -4.33. The van der Waals surface area contributed by atoms with Crippen LogP contribution in [0.25, 0.3) is 0 Å². The molecular formula is C18H24ClF3N2O. The largest absolute Gasteiger partial charge is 0.416 e. The second kappa shape index (κ2) is 7.96. The van der Waals surface area contributed by atoms with E-state index in [1.807, 2.05) is 0 Å². The minimum absolute atomic E-state index is 0. The Bertz CT molecular complexity index is 596. The fourth-order valence-electron chi connectivity index (χ4n) is 3.68. The zero-order valence-electron chi connectivity index (χ0n) is 14.0. The van der Waals surface area contributed by atoms with E-state index in [9.17, 15) is 18.0 Å². The van der Waals surface area contributed by atoms with Crippen LogP contribution in [-0.2, 0) is 16.4 Å². The van der Waals surface area contributed by atoms with Crippen LogP contribution in [0.5, 0.6) is 0 Å². The highest BCUT2D eigenvalue weighted by Gasteiger charge is 2.41. The lowest BCUT2D eigenvalue weighted by Gasteiger charge is -2.43. The van der Waals surface area contributed by atoms with E-state index in [0.29, 0.717) is 12.1 Å². The standard InChI is InChI=1S/C18H23F3N2O.ClH/c19-18(20,21)15-4-1-3-14(11-15)17(7-2-8-17)12-23-16(24)13-5-9-22-10-6-13;/h1,3-4,11,13,22H,2,5-10,12H2,(H,23,24);1H. The maximum absolute atomic E-state index is 13.0. The molecule has 1 aliphatic heterocycles. The van der Waals surface area contributed by atoms with Crippen molar-refractivity contribution in [2.45, 2.75) is 43.7 Å². The SMILES string of the molecule is Cl.O=C(NCC1(c2cccc(C(F)(F)F)c2)CCC1)C1CCNCC1. The summed E-state index contributed by atoms with van der Waals surface area (Å²) in [6, 6.07) is 5.57. The molecule has 2 N–H and O–H groups in total. The Morgan fingerprint density at radius 3 is 2.48 bits per heavy atom. The Hall–Kier alpha value is -1.27. The van der Waals surface area contributed by atoms with Gasteiger partial charge < -0.3 is 10.6 Å². The van der Waals surface area contributed by atoms with E-state index in [2.05, 4.69) is 10.6 Å². The number of alkyl halides is 3. The minimum Gasteiger partial charge on any atom is -0.355 e. The Morgan fingerprint density at radius 2 is 1.92 bits per heavy atom. The summed E-state index contributed by atoms with van der Waals surface area (Å²) in [5.41, 5.74) is -0.269. The summed E-state index contributed by atoms with van der Waals surface area (Å²) in [6.45, 7) is 2.12. The van der Waals surface area contributed by atoms with E-state index < -0.39 is 11.7 Å². The molecule has 1 saturated heterocycles. The van der Waals surface area contributed by atoms with Gasteiger partial charge in [0.2, 0.25) is 5.91 Å². The van der Waals surface area contributed by atoms with Gasteiger partial charge in [-0.3, -0.25) is 4.79 Å². The molecule has 2 fully saturated rings. The molecule has 2 aliphatic rings. The lowest BCUT2D eigenvalue weighted by atomic mass is 9.64. The maximum Gasteiger partial charge on any atom is 0.416 e. The zero-order chi connectivity index (χ0) is 17.2. The highest BCUT2D eigenvalue weighted by molar-refractivity contribution is 5.85. The van der Waals surface area contributed by atoms with Crippen molar-refractivity contribution >= 4 is 18.3 Å². The number of benzene rings is 1. The van der Waals surface area contributed by atoms with Crippen molar-refractivity contribution in [3.63, 3.8) is 0 Å². The van der Waals surface area contributed by atoms with Gasteiger partial charge in [0.15, 0.2) is 0 Å². The van der Waals surface area contributed by atoms with Crippen LogP contribution < -0.4 is 10.6 Å². The summed E-state index contributed by atoms with van der Waals surface area (Å²) >= 11 is 0. The van der Waals surface area contributed by atoms with Crippen molar-refractivity contribution in [1.82, 2.24) is 10.6 Å². The normalized spacial score (nSPS) is 20.3. The van der Waals surface area contributed by atoms with Gasteiger partial charge in [0.05, 0.1) is 5.56 Å². The zero-order valence-corrected chi connectivity index (χ0v) is 14.8. The van der Waals surface area contributed by atoms with Crippen molar-refractivity contribution in [2.24, 2.45) is 5.92 Å². The summed E-state index contributed by atoms with van der Waals surface area (Å²) < 4.78 is 38.9. The fourth-order valence-corrected chi connectivity index (χ4v) is 3.68. The van der Waals surface area contributed by atoms with Crippen LogP contribution in [0.15, 0.2) is 24.3 Å². The highest BCUT2D eigenvalue weighted by Crippen LogP contribution is 2.44. The first-order chi connectivity index (χ1) is 11.4. The van der Waals surface area contributed by atoms with Gasteiger partial charge >= 0.3 is 6.18 Å². The van der Waals surface area contributed by atoms with Crippen LogP contribution in [0.4, 0.5) is 13.2 Å². The van der Waals surface area contributed by atoms with Crippen LogP contribution >= 0.6 is 12.4 Å². The molecule has 1 saturated carbocycles. The van der Waals surface area contributed by atoms with Crippen LogP contribution in [0.3, 0.4) is 0 Å². The Morgan fingerprint density at radius 1 is 1.24 bits per heavy atom. The van der Waals surface area contributed by atoms with Crippen LogP contribution in [-0.4, -0.2) is 25.5 Å². The van der Waals surface area contributed by atoms with Crippen molar-refractivity contribution < 1.29 is 18.0 Å². The number of piperidine rings is 1. The van der Waals surface area contributed by atoms with Gasteiger partial charge in [0.25, 0.3) is 0 Å². The summed E-state index contributed by atoms with van der Waals surface area (Å²) in [7, 11) is 0. The molecule has 0 aromatic heterocycles.